The summed E-state index contributed by atoms with van der Waals surface area (Å²) in [7, 11) is -3.48. The van der Waals surface area contributed by atoms with E-state index in [4.69, 9.17) is 4.42 Å². The molecule has 5 heteroatoms. The third-order valence-corrected chi connectivity index (χ3v) is 4.23. The third kappa shape index (κ3) is 2.80. The summed E-state index contributed by atoms with van der Waals surface area (Å²) in [5, 5.41) is 0. The second kappa shape index (κ2) is 4.96. The van der Waals surface area contributed by atoms with Crippen molar-refractivity contribution in [3.8, 4) is 0 Å². The normalized spacial score (nSPS) is 11.7. The van der Waals surface area contributed by atoms with Crippen LogP contribution in [-0.2, 0) is 16.6 Å². The van der Waals surface area contributed by atoms with Gasteiger partial charge in [0.2, 0.25) is 10.0 Å². The first-order valence-electron chi connectivity index (χ1n) is 5.57. The van der Waals surface area contributed by atoms with Crippen LogP contribution in [0.15, 0.2) is 46.1 Å². The molecule has 0 aliphatic carbocycles. The Labute approximate surface area is 107 Å². The topological polar surface area (TPSA) is 59.3 Å². The fraction of sp³-hybridized carbons (Fsp3) is 0.231. The lowest BCUT2D eigenvalue weighted by Crippen LogP contribution is -2.23. The largest absolute Gasteiger partial charge is 0.472 e. The molecule has 18 heavy (non-hydrogen) atoms. The van der Waals surface area contributed by atoms with Crippen LogP contribution in [0.3, 0.4) is 0 Å². The molecule has 2 rings (SSSR count). The molecule has 0 spiro atoms. The van der Waals surface area contributed by atoms with Crippen LogP contribution in [0.5, 0.6) is 0 Å². The average molecular weight is 265 g/mol. The molecule has 0 unspecified atom stereocenters. The Morgan fingerprint density at radius 2 is 2.00 bits per heavy atom. The van der Waals surface area contributed by atoms with Crippen LogP contribution in [0.25, 0.3) is 0 Å². The first kappa shape index (κ1) is 12.9. The van der Waals surface area contributed by atoms with Gasteiger partial charge in [-0.3, -0.25) is 0 Å². The number of aryl methyl sites for hydroxylation is 2. The van der Waals surface area contributed by atoms with Crippen molar-refractivity contribution in [3.63, 3.8) is 0 Å². The van der Waals surface area contributed by atoms with E-state index in [1.165, 1.54) is 12.5 Å². The van der Waals surface area contributed by atoms with Gasteiger partial charge in [0.15, 0.2) is 0 Å². The molecule has 1 N–H and O–H groups in total. The SMILES string of the molecule is Cc1ccc(S(=O)(=O)NCc2ccoc2)c(C)c1. The molecule has 4 nitrogen and oxygen atoms in total. The second-order valence-corrected chi connectivity index (χ2v) is 5.96. The van der Waals surface area contributed by atoms with Gasteiger partial charge in [0.1, 0.15) is 0 Å². The zero-order valence-corrected chi connectivity index (χ0v) is 11.1. The van der Waals surface area contributed by atoms with E-state index in [0.717, 1.165) is 16.7 Å². The van der Waals surface area contributed by atoms with E-state index in [9.17, 15) is 8.42 Å². The summed E-state index contributed by atoms with van der Waals surface area (Å²) in [4.78, 5) is 0.316. The fourth-order valence-electron chi connectivity index (χ4n) is 1.75. The second-order valence-electron chi connectivity index (χ2n) is 4.23. The summed E-state index contributed by atoms with van der Waals surface area (Å²) in [6.07, 6.45) is 3.03. The van der Waals surface area contributed by atoms with Gasteiger partial charge in [-0.2, -0.15) is 0 Å². The Morgan fingerprint density at radius 1 is 1.22 bits per heavy atom. The van der Waals surface area contributed by atoms with Gasteiger partial charge >= 0.3 is 0 Å². The molecular formula is C13H15NO3S. The summed E-state index contributed by atoms with van der Waals surface area (Å²) in [5.41, 5.74) is 2.58. The number of furan rings is 1. The van der Waals surface area contributed by atoms with Crippen LogP contribution in [-0.4, -0.2) is 8.42 Å². The highest BCUT2D eigenvalue weighted by Crippen LogP contribution is 2.16. The maximum absolute atomic E-state index is 12.1. The Kier molecular flexibility index (Phi) is 3.54. The predicted octanol–water partition coefficient (Wildman–Crippen LogP) is 2.37. The standard InChI is InChI=1S/C13H15NO3S/c1-10-3-4-13(11(2)7-10)18(15,16)14-8-12-5-6-17-9-12/h3-7,9,14H,8H2,1-2H3. The van der Waals surface area contributed by atoms with Crippen molar-refractivity contribution in [2.24, 2.45) is 0 Å². The highest BCUT2D eigenvalue weighted by Gasteiger charge is 2.16. The number of hydrogen-bond acceptors (Lipinski definition) is 3. The summed E-state index contributed by atoms with van der Waals surface area (Å²) in [6.45, 7) is 3.95. The Bertz CT molecular complexity index is 630. The van der Waals surface area contributed by atoms with Gasteiger partial charge in [0.05, 0.1) is 17.4 Å². The zero-order chi connectivity index (χ0) is 13.2. The van der Waals surface area contributed by atoms with Crippen LogP contribution < -0.4 is 4.72 Å². The number of sulfonamides is 1. The lowest BCUT2D eigenvalue weighted by Gasteiger charge is -2.09. The van der Waals surface area contributed by atoms with Crippen molar-refractivity contribution in [3.05, 3.63) is 53.5 Å². The number of nitrogens with one attached hydrogen (secondary N) is 1. The average Bonchev–Trinajstić information content (AvgIpc) is 2.78. The minimum Gasteiger partial charge on any atom is -0.472 e. The number of benzene rings is 1. The molecule has 1 aromatic carbocycles. The van der Waals surface area contributed by atoms with E-state index in [0.29, 0.717) is 4.90 Å². The molecular weight excluding hydrogens is 250 g/mol. The Balaban J connectivity index is 2.20. The van der Waals surface area contributed by atoms with E-state index in [1.807, 2.05) is 13.0 Å². The zero-order valence-electron chi connectivity index (χ0n) is 10.3. The van der Waals surface area contributed by atoms with E-state index < -0.39 is 10.0 Å². The highest BCUT2D eigenvalue weighted by atomic mass is 32.2. The predicted molar refractivity (Wildman–Crippen MR) is 68.6 cm³/mol. The third-order valence-electron chi connectivity index (χ3n) is 2.67. The molecule has 0 aliphatic heterocycles. The molecule has 1 aromatic heterocycles. The quantitative estimate of drug-likeness (QED) is 0.923. The van der Waals surface area contributed by atoms with Gasteiger partial charge in [-0.15, -0.1) is 0 Å². The molecule has 0 atom stereocenters. The number of hydrogen-bond donors (Lipinski definition) is 1. The molecule has 0 saturated heterocycles. The molecule has 0 aliphatic rings. The molecule has 2 aromatic rings. The maximum atomic E-state index is 12.1. The summed E-state index contributed by atoms with van der Waals surface area (Å²) in [6, 6.07) is 7.00. The minimum absolute atomic E-state index is 0.228. The summed E-state index contributed by atoms with van der Waals surface area (Å²) in [5.74, 6) is 0. The van der Waals surface area contributed by atoms with E-state index in [-0.39, 0.29) is 6.54 Å². The van der Waals surface area contributed by atoms with Crippen molar-refractivity contribution < 1.29 is 12.8 Å². The van der Waals surface area contributed by atoms with Crippen LogP contribution in [0, 0.1) is 13.8 Å². The lowest BCUT2D eigenvalue weighted by molar-refractivity contribution is 0.561. The lowest BCUT2D eigenvalue weighted by atomic mass is 10.2. The Morgan fingerprint density at radius 3 is 2.61 bits per heavy atom. The molecule has 96 valence electrons. The van der Waals surface area contributed by atoms with Crippen molar-refractivity contribution >= 4 is 10.0 Å². The molecule has 0 bridgehead atoms. The van der Waals surface area contributed by atoms with Gasteiger partial charge in [-0.25, -0.2) is 13.1 Å². The van der Waals surface area contributed by atoms with Gasteiger partial charge in [0, 0.05) is 12.1 Å². The van der Waals surface area contributed by atoms with Crippen LogP contribution in [0.1, 0.15) is 16.7 Å². The molecule has 0 amide bonds. The van der Waals surface area contributed by atoms with Crippen molar-refractivity contribution in [2.75, 3.05) is 0 Å². The van der Waals surface area contributed by atoms with Gasteiger partial charge in [0.25, 0.3) is 0 Å². The summed E-state index contributed by atoms with van der Waals surface area (Å²) >= 11 is 0. The van der Waals surface area contributed by atoms with Crippen molar-refractivity contribution in [1.82, 2.24) is 4.72 Å². The van der Waals surface area contributed by atoms with Crippen LogP contribution >= 0.6 is 0 Å². The minimum atomic E-state index is -3.48. The molecule has 0 radical (unpaired) electrons. The van der Waals surface area contributed by atoms with Crippen LogP contribution in [0.2, 0.25) is 0 Å². The maximum Gasteiger partial charge on any atom is 0.241 e. The number of rotatable bonds is 4. The van der Waals surface area contributed by atoms with Crippen molar-refractivity contribution in [2.45, 2.75) is 25.3 Å². The van der Waals surface area contributed by atoms with E-state index >= 15 is 0 Å². The molecule has 0 saturated carbocycles. The van der Waals surface area contributed by atoms with Gasteiger partial charge in [-0.1, -0.05) is 17.7 Å². The summed E-state index contributed by atoms with van der Waals surface area (Å²) < 4.78 is 31.7. The van der Waals surface area contributed by atoms with E-state index in [2.05, 4.69) is 4.72 Å². The fourth-order valence-corrected chi connectivity index (χ4v) is 2.99. The van der Waals surface area contributed by atoms with Crippen LogP contribution in [0.4, 0.5) is 0 Å². The first-order valence-corrected chi connectivity index (χ1v) is 7.05. The van der Waals surface area contributed by atoms with E-state index in [1.54, 1.807) is 25.1 Å². The highest BCUT2D eigenvalue weighted by molar-refractivity contribution is 7.89. The molecule has 1 heterocycles. The first-order chi connectivity index (χ1) is 8.49. The monoisotopic (exact) mass is 265 g/mol. The van der Waals surface area contributed by atoms with Crippen molar-refractivity contribution in [1.29, 1.82) is 0 Å². The van der Waals surface area contributed by atoms with Gasteiger partial charge < -0.3 is 4.42 Å². The van der Waals surface area contributed by atoms with Gasteiger partial charge in [-0.05, 0) is 31.5 Å². The molecule has 0 fully saturated rings. The smallest absolute Gasteiger partial charge is 0.241 e. The Hall–Kier alpha value is -1.59.